The third kappa shape index (κ3) is 4.23. The Labute approximate surface area is 122 Å². The summed E-state index contributed by atoms with van der Waals surface area (Å²) in [5.74, 6) is 0.626. The van der Waals surface area contributed by atoms with Crippen molar-refractivity contribution in [1.82, 2.24) is 14.7 Å². The number of hydrogen-bond acceptors (Lipinski definition) is 3. The van der Waals surface area contributed by atoms with Gasteiger partial charge in [-0.05, 0) is 29.8 Å². The van der Waals surface area contributed by atoms with E-state index in [0.29, 0.717) is 12.5 Å². The number of aryl methyl sites for hydroxylation is 2. The maximum absolute atomic E-state index is 5.84. The van der Waals surface area contributed by atoms with E-state index in [1.165, 1.54) is 5.69 Å². The number of halogens is 2. The Morgan fingerprint density at radius 1 is 1.44 bits per heavy atom. The van der Waals surface area contributed by atoms with Crippen LogP contribution in [0, 0.1) is 6.92 Å². The summed E-state index contributed by atoms with van der Waals surface area (Å²) in [6, 6.07) is 0. The Bertz CT molecular complexity index is 370. The van der Waals surface area contributed by atoms with Crippen LogP contribution in [0.15, 0.2) is 4.47 Å². The number of ether oxygens (including phenoxy) is 1. The van der Waals surface area contributed by atoms with Gasteiger partial charge in [0.1, 0.15) is 0 Å². The molecule has 0 N–H and O–H groups in total. The minimum atomic E-state index is 0.626. The molecule has 0 aliphatic rings. The van der Waals surface area contributed by atoms with Gasteiger partial charge in [-0.15, -0.1) is 11.6 Å². The molecular formula is C12H21BrClN3O. The highest BCUT2D eigenvalue weighted by Gasteiger charge is 2.15. The number of alkyl halides is 1. The zero-order chi connectivity index (χ0) is 13.5. The van der Waals surface area contributed by atoms with Gasteiger partial charge in [0, 0.05) is 39.2 Å². The molecule has 0 amide bonds. The summed E-state index contributed by atoms with van der Waals surface area (Å²) in [5, 5.41) is 4.50. The highest BCUT2D eigenvalue weighted by Crippen LogP contribution is 2.22. The van der Waals surface area contributed by atoms with Crippen LogP contribution in [0.3, 0.4) is 0 Å². The molecule has 0 aliphatic carbocycles. The molecule has 0 bridgehead atoms. The third-order valence-electron chi connectivity index (χ3n) is 2.84. The van der Waals surface area contributed by atoms with Crippen LogP contribution in [-0.2, 0) is 17.8 Å². The summed E-state index contributed by atoms with van der Waals surface area (Å²) in [4.78, 5) is 2.28. The fourth-order valence-electron chi connectivity index (χ4n) is 1.84. The number of nitrogens with zero attached hydrogens (tertiary/aromatic N) is 3. The second-order valence-electron chi connectivity index (χ2n) is 4.12. The molecule has 0 atom stereocenters. The molecule has 4 nitrogen and oxygen atoms in total. The standard InChI is InChI=1S/C12H21BrClN3O/c1-4-17-11(12(13)10(2)15-17)9-16(6-5-14)7-8-18-3/h4-9H2,1-3H3. The van der Waals surface area contributed by atoms with E-state index in [4.69, 9.17) is 16.3 Å². The first-order valence-corrected chi connectivity index (χ1v) is 7.45. The fraction of sp³-hybridized carbons (Fsp3) is 0.750. The van der Waals surface area contributed by atoms with Gasteiger partial charge < -0.3 is 4.74 Å². The van der Waals surface area contributed by atoms with Crippen molar-refractivity contribution in [3.05, 3.63) is 15.9 Å². The normalized spacial score (nSPS) is 11.4. The molecule has 1 heterocycles. The van der Waals surface area contributed by atoms with E-state index in [9.17, 15) is 0 Å². The zero-order valence-electron chi connectivity index (χ0n) is 11.2. The van der Waals surface area contributed by atoms with Crippen molar-refractivity contribution in [1.29, 1.82) is 0 Å². The average molecular weight is 339 g/mol. The molecule has 0 saturated heterocycles. The molecule has 0 spiro atoms. The molecule has 0 radical (unpaired) electrons. The lowest BCUT2D eigenvalue weighted by Crippen LogP contribution is -2.30. The van der Waals surface area contributed by atoms with Gasteiger partial charge in [-0.1, -0.05) is 0 Å². The van der Waals surface area contributed by atoms with E-state index in [0.717, 1.165) is 36.3 Å². The molecule has 0 aliphatic heterocycles. The van der Waals surface area contributed by atoms with Crippen molar-refractivity contribution in [2.45, 2.75) is 26.9 Å². The summed E-state index contributed by atoms with van der Waals surface area (Å²) < 4.78 is 8.26. The molecule has 0 fully saturated rings. The van der Waals surface area contributed by atoms with E-state index in [1.807, 2.05) is 11.6 Å². The average Bonchev–Trinajstić information content (AvgIpc) is 2.63. The second-order valence-corrected chi connectivity index (χ2v) is 5.29. The van der Waals surface area contributed by atoms with E-state index in [2.05, 4.69) is 32.9 Å². The Morgan fingerprint density at radius 3 is 2.72 bits per heavy atom. The van der Waals surface area contributed by atoms with Crippen LogP contribution in [0.2, 0.25) is 0 Å². The SMILES string of the molecule is CCn1nc(C)c(Br)c1CN(CCCl)CCOC. The van der Waals surface area contributed by atoms with Crippen LogP contribution in [0.4, 0.5) is 0 Å². The molecule has 1 aromatic heterocycles. The van der Waals surface area contributed by atoms with Crippen molar-refractivity contribution in [2.75, 3.05) is 32.7 Å². The number of rotatable bonds is 8. The van der Waals surface area contributed by atoms with Crippen LogP contribution in [0.5, 0.6) is 0 Å². The number of aromatic nitrogens is 2. The first-order valence-electron chi connectivity index (χ1n) is 6.13. The topological polar surface area (TPSA) is 30.3 Å². The predicted molar refractivity (Wildman–Crippen MR) is 78.2 cm³/mol. The van der Waals surface area contributed by atoms with E-state index < -0.39 is 0 Å². The van der Waals surface area contributed by atoms with Gasteiger partial charge in [0.05, 0.1) is 22.5 Å². The summed E-state index contributed by atoms with van der Waals surface area (Å²) in [6.07, 6.45) is 0. The lowest BCUT2D eigenvalue weighted by atomic mass is 10.3. The summed E-state index contributed by atoms with van der Waals surface area (Å²) in [6.45, 7) is 8.28. The van der Waals surface area contributed by atoms with Gasteiger partial charge in [-0.3, -0.25) is 9.58 Å². The Kier molecular flexibility index (Phi) is 7.22. The van der Waals surface area contributed by atoms with Gasteiger partial charge in [-0.2, -0.15) is 5.10 Å². The van der Waals surface area contributed by atoms with Crippen molar-refractivity contribution in [2.24, 2.45) is 0 Å². The van der Waals surface area contributed by atoms with Crippen LogP contribution in [-0.4, -0.2) is 47.4 Å². The molecule has 18 heavy (non-hydrogen) atoms. The van der Waals surface area contributed by atoms with Gasteiger partial charge >= 0.3 is 0 Å². The Balaban J connectivity index is 2.78. The quantitative estimate of drug-likeness (QED) is 0.683. The molecule has 1 aromatic rings. The Hall–Kier alpha value is -0.100. The van der Waals surface area contributed by atoms with E-state index in [-0.39, 0.29) is 0 Å². The maximum atomic E-state index is 5.84. The van der Waals surface area contributed by atoms with Gasteiger partial charge in [0.15, 0.2) is 0 Å². The van der Waals surface area contributed by atoms with Crippen LogP contribution >= 0.6 is 27.5 Å². The largest absolute Gasteiger partial charge is 0.383 e. The summed E-state index contributed by atoms with van der Waals surface area (Å²) in [5.41, 5.74) is 2.24. The van der Waals surface area contributed by atoms with E-state index >= 15 is 0 Å². The predicted octanol–water partition coefficient (Wildman–Crippen LogP) is 2.66. The van der Waals surface area contributed by atoms with Crippen LogP contribution < -0.4 is 0 Å². The molecule has 1 rings (SSSR count). The molecule has 0 saturated carbocycles. The minimum absolute atomic E-state index is 0.626. The van der Waals surface area contributed by atoms with Crippen LogP contribution in [0.25, 0.3) is 0 Å². The van der Waals surface area contributed by atoms with Gasteiger partial charge in [-0.25, -0.2) is 0 Å². The minimum Gasteiger partial charge on any atom is -0.383 e. The fourth-order valence-corrected chi connectivity index (χ4v) is 2.49. The highest BCUT2D eigenvalue weighted by molar-refractivity contribution is 9.10. The zero-order valence-corrected chi connectivity index (χ0v) is 13.6. The summed E-state index contributed by atoms with van der Waals surface area (Å²) in [7, 11) is 1.72. The third-order valence-corrected chi connectivity index (χ3v) is 4.04. The molecule has 104 valence electrons. The molecule has 0 aromatic carbocycles. The molecule has 0 unspecified atom stereocenters. The first-order chi connectivity index (χ1) is 8.63. The summed E-state index contributed by atoms with van der Waals surface area (Å²) >= 11 is 9.46. The lowest BCUT2D eigenvalue weighted by Gasteiger charge is -2.21. The van der Waals surface area contributed by atoms with Crippen LogP contribution in [0.1, 0.15) is 18.3 Å². The van der Waals surface area contributed by atoms with Crippen molar-refractivity contribution < 1.29 is 4.74 Å². The highest BCUT2D eigenvalue weighted by atomic mass is 79.9. The molecular weight excluding hydrogens is 318 g/mol. The molecule has 6 heteroatoms. The maximum Gasteiger partial charge on any atom is 0.0739 e. The van der Waals surface area contributed by atoms with Gasteiger partial charge in [0.25, 0.3) is 0 Å². The smallest absolute Gasteiger partial charge is 0.0739 e. The van der Waals surface area contributed by atoms with E-state index in [1.54, 1.807) is 7.11 Å². The monoisotopic (exact) mass is 337 g/mol. The second kappa shape index (κ2) is 8.15. The number of hydrogen-bond donors (Lipinski definition) is 0. The Morgan fingerprint density at radius 2 is 2.17 bits per heavy atom. The van der Waals surface area contributed by atoms with Crippen molar-refractivity contribution in [3.8, 4) is 0 Å². The van der Waals surface area contributed by atoms with Crippen molar-refractivity contribution >= 4 is 27.5 Å². The lowest BCUT2D eigenvalue weighted by molar-refractivity contribution is 0.146. The van der Waals surface area contributed by atoms with Crippen molar-refractivity contribution in [3.63, 3.8) is 0 Å². The van der Waals surface area contributed by atoms with Gasteiger partial charge in [0.2, 0.25) is 0 Å². The first kappa shape index (κ1) is 16.0. The number of methoxy groups -OCH3 is 1.